The molecule has 118 valence electrons. The Hall–Kier alpha value is -2.77. The van der Waals surface area contributed by atoms with Gasteiger partial charge >= 0.3 is 0 Å². The summed E-state index contributed by atoms with van der Waals surface area (Å²) in [6, 6.07) is 14.3. The molecule has 0 saturated heterocycles. The summed E-state index contributed by atoms with van der Waals surface area (Å²) in [6.45, 7) is 0. The van der Waals surface area contributed by atoms with E-state index in [1.54, 1.807) is 18.2 Å². The van der Waals surface area contributed by atoms with Crippen molar-refractivity contribution in [3.8, 4) is 5.69 Å². The summed E-state index contributed by atoms with van der Waals surface area (Å²) in [6.07, 6.45) is 1.44. The van der Waals surface area contributed by atoms with Crippen LogP contribution in [0.3, 0.4) is 0 Å². The molecule has 0 aliphatic rings. The molecule has 0 bridgehead atoms. The van der Waals surface area contributed by atoms with E-state index in [1.165, 1.54) is 22.4 Å². The van der Waals surface area contributed by atoms with E-state index in [1.807, 2.05) is 30.3 Å². The second-order valence-electron chi connectivity index (χ2n) is 4.94. The predicted molar refractivity (Wildman–Crippen MR) is 95.5 cm³/mol. The third kappa shape index (κ3) is 2.64. The molecule has 0 amide bonds. The van der Waals surface area contributed by atoms with Crippen molar-refractivity contribution in [2.24, 2.45) is 0 Å². The first-order valence-corrected chi connectivity index (χ1v) is 8.19. The molecule has 4 rings (SSSR count). The normalized spacial score (nSPS) is 10.9. The van der Waals surface area contributed by atoms with E-state index in [9.17, 15) is 4.79 Å². The summed E-state index contributed by atoms with van der Waals surface area (Å²) in [5.41, 5.74) is 1.05. The van der Waals surface area contributed by atoms with Crippen molar-refractivity contribution in [1.82, 2.24) is 18.9 Å². The Kier molecular flexibility index (Phi) is 3.72. The number of aromatic nitrogens is 4. The molecule has 0 fully saturated rings. The van der Waals surface area contributed by atoms with Gasteiger partial charge in [-0.25, -0.2) is 14.5 Å². The van der Waals surface area contributed by atoms with Crippen molar-refractivity contribution in [2.75, 3.05) is 5.32 Å². The molecular weight excluding hydrogens is 346 g/mol. The summed E-state index contributed by atoms with van der Waals surface area (Å²) >= 11 is 7.22. The summed E-state index contributed by atoms with van der Waals surface area (Å²) in [5, 5.41) is 4.56. The van der Waals surface area contributed by atoms with Crippen LogP contribution in [0.4, 0.5) is 11.1 Å². The second kappa shape index (κ2) is 6.03. The fourth-order valence-corrected chi connectivity index (χ4v) is 2.98. The zero-order chi connectivity index (χ0) is 16.5. The Morgan fingerprint density at radius 3 is 2.71 bits per heavy atom. The fraction of sp³-hybridized carbons (Fsp3) is 0. The lowest BCUT2D eigenvalue weighted by Crippen LogP contribution is -2.22. The lowest BCUT2D eigenvalue weighted by atomic mass is 10.2. The molecule has 2 aromatic heterocycles. The molecule has 0 radical (unpaired) electrons. The van der Waals surface area contributed by atoms with Crippen molar-refractivity contribution in [2.45, 2.75) is 0 Å². The number of hydrogen-bond acceptors (Lipinski definition) is 6. The minimum atomic E-state index is -0.208. The van der Waals surface area contributed by atoms with Crippen LogP contribution in [0.15, 0.2) is 59.7 Å². The number of hydrogen-bond donors (Lipinski definition) is 1. The molecule has 8 heteroatoms. The molecule has 0 aliphatic heterocycles. The molecule has 6 nitrogen and oxygen atoms in total. The van der Waals surface area contributed by atoms with Crippen LogP contribution >= 0.6 is 23.1 Å². The molecule has 24 heavy (non-hydrogen) atoms. The number of halogens is 1. The molecular formula is C16H10ClN5OS. The lowest BCUT2D eigenvalue weighted by molar-refractivity contribution is 0.973. The van der Waals surface area contributed by atoms with Gasteiger partial charge in [-0.1, -0.05) is 29.8 Å². The summed E-state index contributed by atoms with van der Waals surface area (Å²) in [5.74, 6) is 0.373. The molecule has 4 aromatic rings. The van der Waals surface area contributed by atoms with Crippen LogP contribution in [0.25, 0.3) is 16.6 Å². The molecule has 2 aromatic carbocycles. The van der Waals surface area contributed by atoms with Crippen LogP contribution in [0.1, 0.15) is 0 Å². The van der Waals surface area contributed by atoms with Gasteiger partial charge in [0.05, 0.1) is 16.6 Å². The molecule has 2 heterocycles. The minimum Gasteiger partial charge on any atom is -0.300 e. The highest BCUT2D eigenvalue weighted by Crippen LogP contribution is 2.22. The van der Waals surface area contributed by atoms with E-state index >= 15 is 0 Å². The quantitative estimate of drug-likeness (QED) is 0.607. The maximum atomic E-state index is 13.0. The number of para-hydroxylation sites is 1. The smallest absolute Gasteiger partial charge is 0.267 e. The zero-order valence-electron chi connectivity index (χ0n) is 12.2. The van der Waals surface area contributed by atoms with Crippen LogP contribution in [0, 0.1) is 0 Å². The molecule has 1 N–H and O–H groups in total. The third-order valence-electron chi connectivity index (χ3n) is 3.42. The molecule has 0 aliphatic carbocycles. The standard InChI is InChI=1S/C16H10ClN5OS/c17-10-6-7-13-12(8-10)14(23)22(11-4-2-1-3-5-11)15(20-13)21-16-18-9-19-24-16/h1-9H,(H,18,19,20,21). The predicted octanol–water partition coefficient (Wildman–Crippen LogP) is 3.63. The van der Waals surface area contributed by atoms with Crippen LogP contribution in [0.2, 0.25) is 5.02 Å². The molecule has 0 saturated carbocycles. The van der Waals surface area contributed by atoms with Gasteiger partial charge in [0.15, 0.2) is 0 Å². The number of nitrogens with one attached hydrogen (secondary N) is 1. The average molecular weight is 356 g/mol. The monoisotopic (exact) mass is 355 g/mol. The molecule has 0 unspecified atom stereocenters. The van der Waals surface area contributed by atoms with Crippen LogP contribution in [-0.2, 0) is 0 Å². The van der Waals surface area contributed by atoms with Gasteiger partial charge in [0, 0.05) is 16.6 Å². The van der Waals surface area contributed by atoms with Gasteiger partial charge in [0.25, 0.3) is 5.56 Å². The number of fused-ring (bicyclic) bond motifs is 1. The first-order chi connectivity index (χ1) is 11.7. The highest BCUT2D eigenvalue weighted by Gasteiger charge is 2.14. The van der Waals surface area contributed by atoms with Gasteiger partial charge < -0.3 is 0 Å². The van der Waals surface area contributed by atoms with E-state index in [0.717, 1.165) is 0 Å². The van der Waals surface area contributed by atoms with Gasteiger partial charge in [-0.05, 0) is 30.3 Å². The Morgan fingerprint density at radius 1 is 1.12 bits per heavy atom. The van der Waals surface area contributed by atoms with E-state index in [0.29, 0.717) is 32.7 Å². The molecule has 0 spiro atoms. The first kappa shape index (κ1) is 14.8. The third-order valence-corrected chi connectivity index (χ3v) is 4.24. The second-order valence-corrected chi connectivity index (χ2v) is 6.16. The van der Waals surface area contributed by atoms with E-state index in [-0.39, 0.29) is 5.56 Å². The van der Waals surface area contributed by atoms with Crippen molar-refractivity contribution in [3.63, 3.8) is 0 Å². The van der Waals surface area contributed by atoms with Gasteiger partial charge in [-0.2, -0.15) is 4.37 Å². The summed E-state index contributed by atoms with van der Waals surface area (Å²) in [4.78, 5) is 21.7. The summed E-state index contributed by atoms with van der Waals surface area (Å²) < 4.78 is 5.45. The van der Waals surface area contributed by atoms with Crippen LogP contribution in [0.5, 0.6) is 0 Å². The highest BCUT2D eigenvalue weighted by atomic mass is 35.5. The first-order valence-electron chi connectivity index (χ1n) is 7.04. The van der Waals surface area contributed by atoms with Crippen molar-refractivity contribution >= 4 is 45.1 Å². The fourth-order valence-electron chi connectivity index (χ4n) is 2.38. The average Bonchev–Trinajstić information content (AvgIpc) is 3.10. The number of benzene rings is 2. The Balaban J connectivity index is 2.01. The zero-order valence-corrected chi connectivity index (χ0v) is 13.8. The van der Waals surface area contributed by atoms with Crippen molar-refractivity contribution in [3.05, 3.63) is 70.2 Å². The summed E-state index contributed by atoms with van der Waals surface area (Å²) in [7, 11) is 0. The van der Waals surface area contributed by atoms with Crippen molar-refractivity contribution in [1.29, 1.82) is 0 Å². The van der Waals surface area contributed by atoms with E-state index in [4.69, 9.17) is 11.6 Å². The molecule has 0 atom stereocenters. The SMILES string of the molecule is O=c1c2cc(Cl)ccc2nc(Nc2ncns2)n1-c1ccccc1. The van der Waals surface area contributed by atoms with Gasteiger partial charge in [-0.3, -0.25) is 10.1 Å². The minimum absolute atomic E-state index is 0.208. The van der Waals surface area contributed by atoms with E-state index < -0.39 is 0 Å². The van der Waals surface area contributed by atoms with Crippen LogP contribution < -0.4 is 10.9 Å². The topological polar surface area (TPSA) is 72.7 Å². The van der Waals surface area contributed by atoms with E-state index in [2.05, 4.69) is 19.7 Å². The van der Waals surface area contributed by atoms with Gasteiger partial charge in [-0.15, -0.1) is 0 Å². The number of rotatable bonds is 3. The largest absolute Gasteiger partial charge is 0.300 e. The van der Waals surface area contributed by atoms with Gasteiger partial charge in [0.1, 0.15) is 6.33 Å². The Morgan fingerprint density at radius 2 is 1.96 bits per heavy atom. The maximum Gasteiger partial charge on any atom is 0.267 e. The van der Waals surface area contributed by atoms with Gasteiger partial charge in [0.2, 0.25) is 11.1 Å². The van der Waals surface area contributed by atoms with Crippen molar-refractivity contribution < 1.29 is 0 Å². The lowest BCUT2D eigenvalue weighted by Gasteiger charge is -2.13. The Labute approximate surface area is 145 Å². The number of anilines is 2. The maximum absolute atomic E-state index is 13.0. The highest BCUT2D eigenvalue weighted by molar-refractivity contribution is 7.09. The van der Waals surface area contributed by atoms with Crippen LogP contribution in [-0.4, -0.2) is 18.9 Å². The number of nitrogens with zero attached hydrogens (tertiary/aromatic N) is 4. The Bertz CT molecular complexity index is 1060.